The fraction of sp³-hybridized carbons (Fsp3) is 0.167. The summed E-state index contributed by atoms with van der Waals surface area (Å²) in [5.74, 6) is 2.73. The number of nitro groups is 1. The number of terminal acetylenes is 1. The predicted octanol–water partition coefficient (Wildman–Crippen LogP) is 4.58. The number of nitrogens with zero attached hydrogens (tertiary/aromatic N) is 2. The summed E-state index contributed by atoms with van der Waals surface area (Å²) in [6, 6.07) is 9.67. The molecule has 0 aromatic heterocycles. The first kappa shape index (κ1) is 23.6. The third kappa shape index (κ3) is 5.42. The number of carbonyl (C=O) groups is 2. The zero-order valence-corrected chi connectivity index (χ0v) is 18.6. The van der Waals surface area contributed by atoms with Crippen LogP contribution in [0.2, 0.25) is 0 Å². The molecule has 0 bridgehead atoms. The van der Waals surface area contributed by atoms with Crippen molar-refractivity contribution in [2.75, 3.05) is 13.7 Å². The number of thioether (sulfide) groups is 1. The molecule has 1 aliphatic heterocycles. The van der Waals surface area contributed by atoms with Crippen molar-refractivity contribution in [2.24, 2.45) is 0 Å². The molecule has 8 nitrogen and oxygen atoms in total. The van der Waals surface area contributed by atoms with Crippen molar-refractivity contribution in [2.45, 2.75) is 13.0 Å². The lowest BCUT2D eigenvalue weighted by molar-refractivity contribution is -0.384. The average molecular weight is 464 g/mol. The van der Waals surface area contributed by atoms with Gasteiger partial charge >= 0.3 is 0 Å². The highest BCUT2D eigenvalue weighted by Crippen LogP contribution is 2.37. The maximum atomic E-state index is 12.5. The Labute approximate surface area is 195 Å². The molecule has 168 valence electrons. The first-order valence-electron chi connectivity index (χ1n) is 9.74. The number of amides is 2. The van der Waals surface area contributed by atoms with Gasteiger partial charge in [0.15, 0.2) is 11.5 Å². The Kier molecular flexibility index (Phi) is 7.53. The largest absolute Gasteiger partial charge is 0.493 e. The second kappa shape index (κ2) is 10.5. The van der Waals surface area contributed by atoms with Crippen molar-refractivity contribution in [1.82, 2.24) is 4.90 Å². The number of nitro benzene ring substituents is 1. The molecule has 0 spiro atoms. The smallest absolute Gasteiger partial charge is 0.294 e. The number of imide groups is 1. The van der Waals surface area contributed by atoms with Crippen LogP contribution in [0.5, 0.6) is 11.5 Å². The summed E-state index contributed by atoms with van der Waals surface area (Å²) < 4.78 is 11.5. The zero-order valence-electron chi connectivity index (χ0n) is 17.8. The van der Waals surface area contributed by atoms with Crippen molar-refractivity contribution in [3.63, 3.8) is 0 Å². The monoisotopic (exact) mass is 464 g/mol. The number of non-ortho nitro benzene ring substituents is 1. The van der Waals surface area contributed by atoms with Crippen LogP contribution in [0.1, 0.15) is 16.7 Å². The molecule has 33 heavy (non-hydrogen) atoms. The van der Waals surface area contributed by atoms with Gasteiger partial charge < -0.3 is 9.47 Å². The van der Waals surface area contributed by atoms with Crippen LogP contribution in [0.3, 0.4) is 0 Å². The van der Waals surface area contributed by atoms with E-state index in [2.05, 4.69) is 12.5 Å². The summed E-state index contributed by atoms with van der Waals surface area (Å²) in [5.41, 5.74) is 1.98. The van der Waals surface area contributed by atoms with Gasteiger partial charge in [-0.3, -0.25) is 24.6 Å². The van der Waals surface area contributed by atoms with Crippen LogP contribution < -0.4 is 9.47 Å². The molecule has 1 fully saturated rings. The van der Waals surface area contributed by atoms with Crippen LogP contribution in [0.4, 0.5) is 10.5 Å². The molecule has 0 unspecified atom stereocenters. The fourth-order valence-electron chi connectivity index (χ4n) is 3.18. The molecule has 1 aliphatic rings. The molecule has 2 aromatic rings. The molecule has 0 aliphatic carbocycles. The molecule has 0 radical (unpaired) electrons. The van der Waals surface area contributed by atoms with E-state index in [4.69, 9.17) is 15.9 Å². The van der Waals surface area contributed by atoms with Gasteiger partial charge in [0.1, 0.15) is 6.61 Å². The van der Waals surface area contributed by atoms with E-state index in [1.807, 2.05) is 6.07 Å². The number of carbonyl (C=O) groups excluding carboxylic acids is 2. The molecule has 0 atom stereocenters. The molecule has 2 aromatic carbocycles. The molecule has 9 heteroatoms. The Morgan fingerprint density at radius 2 is 2.09 bits per heavy atom. The van der Waals surface area contributed by atoms with Crippen molar-refractivity contribution < 1.29 is 24.0 Å². The highest BCUT2D eigenvalue weighted by atomic mass is 32.2. The molecule has 0 N–H and O–H groups in total. The van der Waals surface area contributed by atoms with Crippen molar-refractivity contribution in [1.29, 1.82) is 0 Å². The molecule has 3 rings (SSSR count). The first-order valence-corrected chi connectivity index (χ1v) is 10.6. The van der Waals surface area contributed by atoms with Gasteiger partial charge in [-0.1, -0.05) is 24.1 Å². The lowest BCUT2D eigenvalue weighted by Crippen LogP contribution is -2.28. The van der Waals surface area contributed by atoms with Crippen molar-refractivity contribution in [3.8, 4) is 23.8 Å². The van der Waals surface area contributed by atoms with E-state index in [9.17, 15) is 19.7 Å². The van der Waals surface area contributed by atoms with E-state index in [1.54, 1.807) is 30.4 Å². The van der Waals surface area contributed by atoms with Crippen molar-refractivity contribution in [3.05, 3.63) is 80.8 Å². The van der Waals surface area contributed by atoms with Crippen LogP contribution in [0.15, 0.2) is 54.0 Å². The molecule has 0 saturated carbocycles. The Bertz CT molecular complexity index is 1200. The summed E-state index contributed by atoms with van der Waals surface area (Å²) in [6.45, 7) is 3.78. The second-order valence-corrected chi connectivity index (χ2v) is 7.89. The van der Waals surface area contributed by atoms with Gasteiger partial charge in [0.2, 0.25) is 0 Å². The lowest BCUT2D eigenvalue weighted by atomic mass is 10.0. The van der Waals surface area contributed by atoms with E-state index in [-0.39, 0.29) is 23.7 Å². The number of rotatable bonds is 9. The highest BCUT2D eigenvalue weighted by Gasteiger charge is 2.34. The zero-order chi connectivity index (χ0) is 24.0. The normalized spacial score (nSPS) is 14.3. The number of ether oxygens (including phenoxy) is 2. The van der Waals surface area contributed by atoms with Crippen molar-refractivity contribution >= 4 is 34.7 Å². The number of hydrogen-bond donors (Lipinski definition) is 0. The minimum absolute atomic E-state index is 0.0245. The Morgan fingerprint density at radius 1 is 1.30 bits per heavy atom. The number of benzene rings is 2. The molecule has 1 heterocycles. The fourth-order valence-corrected chi connectivity index (χ4v) is 4.02. The van der Waals surface area contributed by atoms with Crippen LogP contribution in [-0.4, -0.2) is 34.6 Å². The standard InChI is InChI=1S/C24H20N2O6S/c1-4-7-18-11-17(14-21-23(27)25(10-5-2)24(28)33-21)13-20(31-3)22(18)32-15-16-8-6-9-19(12-16)26(29)30/h2,4,6,8-9,11-14H,1,7,10,15H2,3H3/b21-14+. The Morgan fingerprint density at radius 3 is 2.76 bits per heavy atom. The van der Waals surface area contributed by atoms with E-state index in [0.29, 0.717) is 29.0 Å². The van der Waals surface area contributed by atoms with Crippen LogP contribution in [-0.2, 0) is 17.8 Å². The van der Waals surface area contributed by atoms with E-state index >= 15 is 0 Å². The topological polar surface area (TPSA) is 99.0 Å². The average Bonchev–Trinajstić information content (AvgIpc) is 3.06. The molecule has 2 amide bonds. The van der Waals surface area contributed by atoms with Crippen LogP contribution in [0, 0.1) is 22.5 Å². The summed E-state index contributed by atoms with van der Waals surface area (Å²) in [5, 5.41) is 10.6. The van der Waals surface area contributed by atoms with Gasteiger partial charge in [-0.25, -0.2) is 0 Å². The molecular weight excluding hydrogens is 444 g/mol. The van der Waals surface area contributed by atoms with Gasteiger partial charge in [0.05, 0.1) is 23.5 Å². The Balaban J connectivity index is 1.92. The van der Waals surface area contributed by atoms with Gasteiger partial charge in [-0.05, 0) is 47.5 Å². The number of methoxy groups -OCH3 is 1. The summed E-state index contributed by atoms with van der Waals surface area (Å²) >= 11 is 0.820. The molecule has 1 saturated heterocycles. The van der Waals surface area contributed by atoms with Gasteiger partial charge in [0, 0.05) is 17.7 Å². The highest BCUT2D eigenvalue weighted by molar-refractivity contribution is 8.18. The quantitative estimate of drug-likeness (QED) is 0.176. The SMILES string of the molecule is C#CCN1C(=O)S/C(=C/c2cc(CC=C)c(OCc3cccc([N+](=O)[O-])c3)c(OC)c2)C1=O. The summed E-state index contributed by atoms with van der Waals surface area (Å²) in [6.07, 6.45) is 8.97. The summed E-state index contributed by atoms with van der Waals surface area (Å²) in [4.78, 5) is 36.3. The predicted molar refractivity (Wildman–Crippen MR) is 126 cm³/mol. The van der Waals surface area contributed by atoms with E-state index in [0.717, 1.165) is 22.2 Å². The minimum atomic E-state index is -0.465. The van der Waals surface area contributed by atoms with Gasteiger partial charge in [-0.15, -0.1) is 13.0 Å². The third-order valence-corrected chi connectivity index (χ3v) is 5.57. The number of hydrogen-bond acceptors (Lipinski definition) is 7. The maximum Gasteiger partial charge on any atom is 0.294 e. The van der Waals surface area contributed by atoms with Crippen LogP contribution in [0.25, 0.3) is 6.08 Å². The van der Waals surface area contributed by atoms with E-state index in [1.165, 1.54) is 19.2 Å². The number of allylic oxidation sites excluding steroid dienone is 1. The third-order valence-electron chi connectivity index (χ3n) is 4.66. The van der Waals surface area contributed by atoms with Gasteiger partial charge in [0.25, 0.3) is 16.8 Å². The summed E-state index contributed by atoms with van der Waals surface area (Å²) in [7, 11) is 1.48. The lowest BCUT2D eigenvalue weighted by Gasteiger charge is -2.16. The van der Waals surface area contributed by atoms with Gasteiger partial charge in [-0.2, -0.15) is 0 Å². The first-order chi connectivity index (χ1) is 15.9. The molecular formula is C24H20N2O6S. The maximum absolute atomic E-state index is 12.5. The van der Waals surface area contributed by atoms with Crippen LogP contribution >= 0.6 is 11.8 Å². The second-order valence-electron chi connectivity index (χ2n) is 6.89. The Hall–Kier alpha value is -4.03. The minimum Gasteiger partial charge on any atom is -0.493 e. The van der Waals surface area contributed by atoms with E-state index < -0.39 is 16.1 Å².